The van der Waals surface area contributed by atoms with Crippen LogP contribution in [0.2, 0.25) is 0 Å². The van der Waals surface area contributed by atoms with Crippen LogP contribution in [0.5, 0.6) is 5.75 Å². The number of ether oxygens (including phenoxy) is 1. The van der Waals surface area contributed by atoms with Crippen molar-refractivity contribution in [1.82, 2.24) is 25.0 Å². The minimum absolute atomic E-state index is 0.0475. The van der Waals surface area contributed by atoms with Gasteiger partial charge in [0.2, 0.25) is 0 Å². The van der Waals surface area contributed by atoms with Gasteiger partial charge in [0.25, 0.3) is 5.56 Å². The number of fused-ring (bicyclic) bond motifs is 1. The Labute approximate surface area is 165 Å². The minimum Gasteiger partial charge on any atom is -0.497 e. The highest BCUT2D eigenvalue weighted by molar-refractivity contribution is 5.89. The number of rotatable bonds is 6. The quantitative estimate of drug-likeness (QED) is 0.533. The Bertz CT molecular complexity index is 1210. The van der Waals surface area contributed by atoms with E-state index in [-0.39, 0.29) is 23.8 Å². The molecule has 2 aromatic heterocycles. The summed E-state index contributed by atoms with van der Waals surface area (Å²) in [4.78, 5) is 33.1. The third-order valence-corrected chi connectivity index (χ3v) is 4.32. The molecular formula is C20H17N5O4. The number of aromatic nitrogens is 4. The summed E-state index contributed by atoms with van der Waals surface area (Å²) in [5.41, 5.74) is 1.29. The number of nitrogens with zero attached hydrogens (tertiary/aromatic N) is 4. The molecule has 0 spiro atoms. The molecule has 1 amide bonds. The average molecular weight is 391 g/mol. The lowest BCUT2D eigenvalue weighted by Crippen LogP contribution is -2.23. The molecule has 0 aliphatic rings. The van der Waals surface area contributed by atoms with Crippen LogP contribution in [0.4, 0.5) is 0 Å². The van der Waals surface area contributed by atoms with E-state index >= 15 is 0 Å². The Morgan fingerprint density at radius 2 is 1.97 bits per heavy atom. The van der Waals surface area contributed by atoms with Gasteiger partial charge in [-0.3, -0.25) is 14.2 Å². The van der Waals surface area contributed by atoms with Crippen molar-refractivity contribution in [3.05, 3.63) is 82.5 Å². The van der Waals surface area contributed by atoms with E-state index in [2.05, 4.69) is 20.4 Å². The highest BCUT2D eigenvalue weighted by atomic mass is 16.5. The zero-order valence-corrected chi connectivity index (χ0v) is 15.5. The fourth-order valence-corrected chi connectivity index (χ4v) is 2.78. The van der Waals surface area contributed by atoms with Gasteiger partial charge in [0.1, 0.15) is 5.75 Å². The predicted molar refractivity (Wildman–Crippen MR) is 104 cm³/mol. The van der Waals surface area contributed by atoms with Crippen LogP contribution in [0.25, 0.3) is 10.9 Å². The van der Waals surface area contributed by atoms with Crippen molar-refractivity contribution in [2.24, 2.45) is 0 Å². The molecule has 1 N–H and O–H groups in total. The van der Waals surface area contributed by atoms with Crippen LogP contribution in [-0.2, 0) is 13.1 Å². The van der Waals surface area contributed by atoms with Crippen molar-refractivity contribution in [2.75, 3.05) is 7.11 Å². The molecule has 0 aliphatic heterocycles. The summed E-state index contributed by atoms with van der Waals surface area (Å²) in [7, 11) is 1.59. The molecule has 0 unspecified atom stereocenters. The molecule has 0 radical (unpaired) electrons. The maximum atomic E-state index is 12.5. The average Bonchev–Trinajstić information content (AvgIpc) is 3.23. The fraction of sp³-hybridized carbons (Fsp3) is 0.150. The smallest absolute Gasteiger partial charge is 0.316 e. The Hall–Kier alpha value is -4.01. The molecular weight excluding hydrogens is 374 g/mol. The topological polar surface area (TPSA) is 112 Å². The molecule has 0 atom stereocenters. The number of para-hydroxylation sites is 1. The zero-order valence-electron chi connectivity index (χ0n) is 15.5. The van der Waals surface area contributed by atoms with Crippen molar-refractivity contribution in [2.45, 2.75) is 13.1 Å². The molecule has 0 aliphatic carbocycles. The number of hydrogen-bond donors (Lipinski definition) is 1. The SMILES string of the molecule is COc1ccc(CNC(=O)c2nc(Cn3cnc4ccccc4c3=O)no2)cc1. The van der Waals surface area contributed by atoms with E-state index in [0.717, 1.165) is 11.3 Å². The molecule has 0 fully saturated rings. The Kier molecular flexibility index (Phi) is 5.02. The lowest BCUT2D eigenvalue weighted by molar-refractivity contribution is 0.0907. The summed E-state index contributed by atoms with van der Waals surface area (Å²) in [6.07, 6.45) is 1.42. The monoisotopic (exact) mass is 391 g/mol. The highest BCUT2D eigenvalue weighted by Crippen LogP contribution is 2.11. The number of benzene rings is 2. The predicted octanol–water partition coefficient (Wildman–Crippen LogP) is 1.77. The summed E-state index contributed by atoms with van der Waals surface area (Å²) in [6, 6.07) is 14.4. The Morgan fingerprint density at radius 1 is 1.17 bits per heavy atom. The maximum absolute atomic E-state index is 12.5. The Morgan fingerprint density at radius 3 is 2.76 bits per heavy atom. The molecule has 2 heterocycles. The van der Waals surface area contributed by atoms with Gasteiger partial charge in [-0.1, -0.05) is 29.4 Å². The number of hydrogen-bond acceptors (Lipinski definition) is 7. The summed E-state index contributed by atoms with van der Waals surface area (Å²) in [6.45, 7) is 0.348. The van der Waals surface area contributed by atoms with E-state index in [1.165, 1.54) is 10.9 Å². The second-order valence-corrected chi connectivity index (χ2v) is 6.24. The van der Waals surface area contributed by atoms with Crippen molar-refractivity contribution >= 4 is 16.8 Å². The van der Waals surface area contributed by atoms with E-state index in [9.17, 15) is 9.59 Å². The molecule has 0 saturated heterocycles. The van der Waals surface area contributed by atoms with E-state index < -0.39 is 5.91 Å². The largest absolute Gasteiger partial charge is 0.497 e. The first-order chi connectivity index (χ1) is 14.1. The first-order valence-corrected chi connectivity index (χ1v) is 8.82. The number of methoxy groups -OCH3 is 1. The van der Waals surface area contributed by atoms with Crippen molar-refractivity contribution in [1.29, 1.82) is 0 Å². The van der Waals surface area contributed by atoms with E-state index in [4.69, 9.17) is 9.26 Å². The van der Waals surface area contributed by atoms with Gasteiger partial charge in [0, 0.05) is 6.54 Å². The standard InChI is InChI=1S/C20H17N5O4/c1-28-14-8-6-13(7-9-14)10-21-18(26)19-23-17(24-29-19)11-25-12-22-16-5-3-2-4-15(16)20(25)27/h2-9,12H,10-11H2,1H3,(H,21,26). The number of amides is 1. The normalized spacial score (nSPS) is 10.8. The van der Waals surface area contributed by atoms with Gasteiger partial charge in [0.05, 0.1) is 30.9 Å². The summed E-state index contributed by atoms with van der Waals surface area (Å²) in [5, 5.41) is 6.99. The first kappa shape index (κ1) is 18.4. The van der Waals surface area contributed by atoms with Gasteiger partial charge in [0.15, 0.2) is 5.82 Å². The third-order valence-electron chi connectivity index (χ3n) is 4.32. The van der Waals surface area contributed by atoms with Crippen LogP contribution in [0, 0.1) is 0 Å². The van der Waals surface area contributed by atoms with Gasteiger partial charge in [-0.2, -0.15) is 4.98 Å². The second kappa shape index (κ2) is 7.93. The minimum atomic E-state index is -0.497. The van der Waals surface area contributed by atoms with Crippen LogP contribution >= 0.6 is 0 Å². The summed E-state index contributed by atoms with van der Waals surface area (Å²) < 4.78 is 11.5. The van der Waals surface area contributed by atoms with Gasteiger partial charge < -0.3 is 14.6 Å². The molecule has 29 heavy (non-hydrogen) atoms. The maximum Gasteiger partial charge on any atom is 0.316 e. The zero-order chi connectivity index (χ0) is 20.2. The van der Waals surface area contributed by atoms with Crippen molar-refractivity contribution in [3.8, 4) is 5.75 Å². The second-order valence-electron chi connectivity index (χ2n) is 6.24. The van der Waals surface area contributed by atoms with Gasteiger partial charge in [-0.15, -0.1) is 0 Å². The lowest BCUT2D eigenvalue weighted by Gasteiger charge is -2.04. The van der Waals surface area contributed by atoms with Gasteiger partial charge in [-0.05, 0) is 29.8 Å². The van der Waals surface area contributed by atoms with E-state index in [1.54, 1.807) is 25.3 Å². The number of nitrogens with one attached hydrogen (secondary N) is 1. The fourth-order valence-electron chi connectivity index (χ4n) is 2.78. The number of carbonyl (C=O) groups is 1. The van der Waals surface area contributed by atoms with Crippen molar-refractivity contribution in [3.63, 3.8) is 0 Å². The van der Waals surface area contributed by atoms with Crippen LogP contribution < -0.4 is 15.6 Å². The molecule has 146 valence electrons. The highest BCUT2D eigenvalue weighted by Gasteiger charge is 2.16. The van der Waals surface area contributed by atoms with Gasteiger partial charge >= 0.3 is 11.8 Å². The molecule has 4 aromatic rings. The van der Waals surface area contributed by atoms with E-state index in [1.807, 2.05) is 30.3 Å². The molecule has 9 heteroatoms. The summed E-state index contributed by atoms with van der Waals surface area (Å²) >= 11 is 0. The molecule has 0 saturated carbocycles. The van der Waals surface area contributed by atoms with Crippen LogP contribution in [0.15, 0.2) is 64.2 Å². The molecule has 0 bridgehead atoms. The molecule has 4 rings (SSSR count). The van der Waals surface area contributed by atoms with Crippen LogP contribution in [0.1, 0.15) is 22.1 Å². The molecule has 2 aromatic carbocycles. The Balaban J connectivity index is 1.43. The summed E-state index contributed by atoms with van der Waals surface area (Å²) in [5.74, 6) is 0.276. The van der Waals surface area contributed by atoms with Crippen molar-refractivity contribution < 1.29 is 14.1 Å². The number of carbonyl (C=O) groups excluding carboxylic acids is 1. The lowest BCUT2D eigenvalue weighted by atomic mass is 10.2. The van der Waals surface area contributed by atoms with Crippen LogP contribution in [-0.4, -0.2) is 32.7 Å². The van der Waals surface area contributed by atoms with E-state index in [0.29, 0.717) is 17.4 Å². The first-order valence-electron chi connectivity index (χ1n) is 8.82. The van der Waals surface area contributed by atoms with Gasteiger partial charge in [-0.25, -0.2) is 4.98 Å². The van der Waals surface area contributed by atoms with Crippen LogP contribution in [0.3, 0.4) is 0 Å². The molecule has 9 nitrogen and oxygen atoms in total. The third kappa shape index (κ3) is 3.98.